The van der Waals surface area contributed by atoms with E-state index < -0.39 is 0 Å². The van der Waals surface area contributed by atoms with Gasteiger partial charge in [0.05, 0.1) is 0 Å². The Bertz CT molecular complexity index is 146. The summed E-state index contributed by atoms with van der Waals surface area (Å²) >= 11 is 0. The summed E-state index contributed by atoms with van der Waals surface area (Å²) in [5.41, 5.74) is 0. The molecule has 0 bridgehead atoms. The van der Waals surface area contributed by atoms with Crippen LogP contribution < -0.4 is 0 Å². The van der Waals surface area contributed by atoms with E-state index in [9.17, 15) is 0 Å². The highest BCUT2D eigenvalue weighted by molar-refractivity contribution is 5.01. The summed E-state index contributed by atoms with van der Waals surface area (Å²) in [6.45, 7) is 0. The van der Waals surface area contributed by atoms with Crippen LogP contribution in [-0.4, -0.2) is 0 Å². The molecule has 1 saturated carbocycles. The minimum absolute atomic E-state index is 0.968. The zero-order chi connectivity index (χ0) is 7.52. The summed E-state index contributed by atoms with van der Waals surface area (Å²) in [7, 11) is 0. The van der Waals surface area contributed by atoms with Gasteiger partial charge in [-0.3, -0.25) is 0 Å². The number of hydrogen-bond acceptors (Lipinski definition) is 0. The molecule has 0 amide bonds. The maximum Gasteiger partial charge on any atom is -0.0202 e. The predicted molar refractivity (Wildman–Crippen MR) is 48.4 cm³/mol. The standard InChI is InChI=1S/C11H18/c1-2-4-7-11-9-5-8-10(11)6-3-1/h5,8,10-11H,1-4,6-7,9H2. The summed E-state index contributed by atoms with van der Waals surface area (Å²) in [5.74, 6) is 2.01. The van der Waals surface area contributed by atoms with Crippen LogP contribution in [0, 0.1) is 11.8 Å². The topological polar surface area (TPSA) is 0 Å². The highest BCUT2D eigenvalue weighted by atomic mass is 14.3. The van der Waals surface area contributed by atoms with Crippen LogP contribution in [0.5, 0.6) is 0 Å². The second-order valence-electron chi connectivity index (χ2n) is 4.08. The molecule has 2 aliphatic rings. The van der Waals surface area contributed by atoms with Crippen LogP contribution in [0.25, 0.3) is 0 Å². The summed E-state index contributed by atoms with van der Waals surface area (Å²) < 4.78 is 0. The molecule has 0 aliphatic heterocycles. The van der Waals surface area contributed by atoms with Crippen molar-refractivity contribution in [3.05, 3.63) is 12.2 Å². The van der Waals surface area contributed by atoms with Gasteiger partial charge in [-0.2, -0.15) is 0 Å². The van der Waals surface area contributed by atoms with Gasteiger partial charge in [0.25, 0.3) is 0 Å². The maximum absolute atomic E-state index is 2.47. The zero-order valence-electron chi connectivity index (χ0n) is 7.26. The second-order valence-corrected chi connectivity index (χ2v) is 4.08. The molecule has 0 heterocycles. The lowest BCUT2D eigenvalue weighted by molar-refractivity contribution is 0.328. The molecule has 11 heavy (non-hydrogen) atoms. The Morgan fingerprint density at radius 1 is 0.909 bits per heavy atom. The smallest absolute Gasteiger partial charge is 0.0202 e. The lowest BCUT2D eigenvalue weighted by Gasteiger charge is -2.21. The lowest BCUT2D eigenvalue weighted by atomic mass is 9.84. The summed E-state index contributed by atoms with van der Waals surface area (Å²) in [6.07, 6.45) is 15.2. The molecule has 2 rings (SSSR count). The van der Waals surface area contributed by atoms with Crippen LogP contribution in [0.2, 0.25) is 0 Å². The van der Waals surface area contributed by atoms with E-state index in [4.69, 9.17) is 0 Å². The van der Waals surface area contributed by atoms with Crippen molar-refractivity contribution in [1.29, 1.82) is 0 Å². The van der Waals surface area contributed by atoms with Gasteiger partial charge < -0.3 is 0 Å². The molecule has 0 spiro atoms. The molecule has 1 fully saturated rings. The molecular formula is C11H18. The molecule has 2 aliphatic carbocycles. The van der Waals surface area contributed by atoms with Crippen molar-refractivity contribution in [3.8, 4) is 0 Å². The first kappa shape index (κ1) is 7.39. The van der Waals surface area contributed by atoms with Crippen LogP contribution in [0.1, 0.15) is 44.9 Å². The van der Waals surface area contributed by atoms with E-state index in [1.54, 1.807) is 0 Å². The number of hydrogen-bond donors (Lipinski definition) is 0. The Kier molecular flexibility index (Phi) is 2.30. The molecular weight excluding hydrogens is 132 g/mol. The average Bonchev–Trinajstić information content (AvgIpc) is 2.35. The highest BCUT2D eigenvalue weighted by Gasteiger charge is 2.22. The van der Waals surface area contributed by atoms with E-state index in [2.05, 4.69) is 12.2 Å². The van der Waals surface area contributed by atoms with Crippen molar-refractivity contribution < 1.29 is 0 Å². The third kappa shape index (κ3) is 1.66. The molecule has 0 N–H and O–H groups in total. The maximum atomic E-state index is 2.47. The van der Waals surface area contributed by atoms with E-state index in [-0.39, 0.29) is 0 Å². The van der Waals surface area contributed by atoms with Crippen LogP contribution >= 0.6 is 0 Å². The van der Waals surface area contributed by atoms with Gasteiger partial charge in [0.2, 0.25) is 0 Å². The Morgan fingerprint density at radius 3 is 2.64 bits per heavy atom. The third-order valence-corrected chi connectivity index (χ3v) is 3.29. The van der Waals surface area contributed by atoms with E-state index in [0.29, 0.717) is 0 Å². The monoisotopic (exact) mass is 150 g/mol. The fourth-order valence-electron chi connectivity index (χ4n) is 2.56. The fourth-order valence-corrected chi connectivity index (χ4v) is 2.56. The summed E-state index contributed by atoms with van der Waals surface area (Å²) in [4.78, 5) is 0. The minimum Gasteiger partial charge on any atom is -0.0880 e. The van der Waals surface area contributed by atoms with Crippen LogP contribution in [-0.2, 0) is 0 Å². The van der Waals surface area contributed by atoms with Gasteiger partial charge in [0, 0.05) is 0 Å². The molecule has 0 nitrogen and oxygen atoms in total. The molecule has 2 unspecified atom stereocenters. The van der Waals surface area contributed by atoms with E-state index in [1.165, 1.54) is 44.9 Å². The Labute approximate surface area is 69.7 Å². The van der Waals surface area contributed by atoms with Crippen molar-refractivity contribution in [3.63, 3.8) is 0 Å². The first-order chi connectivity index (χ1) is 5.47. The molecule has 0 saturated heterocycles. The second kappa shape index (κ2) is 3.42. The quantitative estimate of drug-likeness (QED) is 0.463. The van der Waals surface area contributed by atoms with Crippen molar-refractivity contribution in [2.24, 2.45) is 11.8 Å². The molecule has 0 aromatic carbocycles. The Balaban J connectivity index is 1.93. The SMILES string of the molecule is C1=CC2CCCCCCC2C1. The number of allylic oxidation sites excluding steroid dienone is 2. The first-order valence-corrected chi connectivity index (χ1v) is 5.13. The summed E-state index contributed by atoms with van der Waals surface area (Å²) in [6, 6.07) is 0. The summed E-state index contributed by atoms with van der Waals surface area (Å²) in [5, 5.41) is 0. The normalized spacial score (nSPS) is 37.8. The molecule has 2 atom stereocenters. The zero-order valence-corrected chi connectivity index (χ0v) is 7.26. The molecule has 62 valence electrons. The van der Waals surface area contributed by atoms with Crippen LogP contribution in [0.4, 0.5) is 0 Å². The molecule has 0 aromatic heterocycles. The molecule has 0 radical (unpaired) electrons. The van der Waals surface area contributed by atoms with Crippen LogP contribution in [0.3, 0.4) is 0 Å². The van der Waals surface area contributed by atoms with Gasteiger partial charge in [0.15, 0.2) is 0 Å². The molecule has 0 aromatic rings. The van der Waals surface area contributed by atoms with Gasteiger partial charge in [-0.15, -0.1) is 0 Å². The minimum atomic E-state index is 0.968. The Hall–Kier alpha value is -0.260. The average molecular weight is 150 g/mol. The van der Waals surface area contributed by atoms with Gasteiger partial charge in [-0.25, -0.2) is 0 Å². The van der Waals surface area contributed by atoms with E-state index in [0.717, 1.165) is 11.8 Å². The largest absolute Gasteiger partial charge is 0.0880 e. The highest BCUT2D eigenvalue weighted by Crippen LogP contribution is 2.35. The molecule has 0 heteroatoms. The van der Waals surface area contributed by atoms with Gasteiger partial charge in [-0.1, -0.05) is 37.8 Å². The fraction of sp³-hybridized carbons (Fsp3) is 0.818. The van der Waals surface area contributed by atoms with Gasteiger partial charge in [0.1, 0.15) is 0 Å². The van der Waals surface area contributed by atoms with E-state index >= 15 is 0 Å². The Morgan fingerprint density at radius 2 is 1.73 bits per heavy atom. The van der Waals surface area contributed by atoms with Crippen molar-refractivity contribution >= 4 is 0 Å². The van der Waals surface area contributed by atoms with E-state index in [1.807, 2.05) is 0 Å². The lowest BCUT2D eigenvalue weighted by Crippen LogP contribution is -2.10. The first-order valence-electron chi connectivity index (χ1n) is 5.13. The van der Waals surface area contributed by atoms with Gasteiger partial charge in [-0.05, 0) is 31.1 Å². The van der Waals surface area contributed by atoms with Crippen molar-refractivity contribution in [2.75, 3.05) is 0 Å². The van der Waals surface area contributed by atoms with Crippen LogP contribution in [0.15, 0.2) is 12.2 Å². The predicted octanol–water partition coefficient (Wildman–Crippen LogP) is 3.53. The third-order valence-electron chi connectivity index (χ3n) is 3.29. The number of fused-ring (bicyclic) bond motifs is 1. The van der Waals surface area contributed by atoms with Gasteiger partial charge >= 0.3 is 0 Å². The van der Waals surface area contributed by atoms with Crippen molar-refractivity contribution in [1.82, 2.24) is 0 Å². The number of rotatable bonds is 0. The van der Waals surface area contributed by atoms with Crippen molar-refractivity contribution in [2.45, 2.75) is 44.9 Å².